The molecule has 0 amide bonds. The number of aromatic nitrogens is 1. The molecule has 0 N–H and O–H groups in total. The van der Waals surface area contributed by atoms with Gasteiger partial charge in [-0.15, -0.1) is 4.91 Å². The van der Waals surface area contributed by atoms with E-state index in [4.69, 9.17) is 0 Å². The van der Waals surface area contributed by atoms with Crippen molar-refractivity contribution in [3.8, 4) is 0 Å². The lowest BCUT2D eigenvalue weighted by Crippen LogP contribution is -2.07. The highest BCUT2D eigenvalue weighted by molar-refractivity contribution is 8.14. The second-order valence-electron chi connectivity index (χ2n) is 3.03. The average molecular weight is 207 g/mol. The predicted molar refractivity (Wildman–Crippen MR) is 57.4 cm³/mol. The average Bonchev–Trinajstić information content (AvgIpc) is 2.67. The van der Waals surface area contributed by atoms with Gasteiger partial charge in [0.25, 0.3) is 0 Å². The molecule has 14 heavy (non-hydrogen) atoms. The van der Waals surface area contributed by atoms with Gasteiger partial charge >= 0.3 is 0 Å². The van der Waals surface area contributed by atoms with Crippen LogP contribution in [-0.2, 0) is 6.42 Å². The van der Waals surface area contributed by atoms with Crippen molar-refractivity contribution in [2.75, 3.05) is 5.75 Å². The fourth-order valence-electron chi connectivity index (χ4n) is 1.35. The third-order valence-electron chi connectivity index (χ3n) is 2.00. The van der Waals surface area contributed by atoms with Crippen molar-refractivity contribution >= 4 is 16.9 Å². The molecule has 0 spiro atoms. The van der Waals surface area contributed by atoms with Gasteiger partial charge in [0.05, 0.1) is 6.04 Å². The van der Waals surface area contributed by atoms with Crippen LogP contribution in [0.4, 0.5) is 0 Å². The Bertz CT molecular complexity index is 352. The molecule has 1 atom stereocenters. The minimum absolute atomic E-state index is 0.190. The van der Waals surface area contributed by atoms with Crippen LogP contribution in [0, 0.1) is 4.91 Å². The lowest BCUT2D eigenvalue weighted by Gasteiger charge is -2.04. The number of pyridine rings is 1. The molecule has 0 saturated heterocycles. The van der Waals surface area contributed by atoms with Crippen LogP contribution in [0.25, 0.3) is 0 Å². The smallest absolute Gasteiger partial charge is 0.227 e. The lowest BCUT2D eigenvalue weighted by molar-refractivity contribution is 0.761. The molecule has 1 aromatic heterocycles. The molecule has 0 radical (unpaired) electrons. The number of hydrogen-bond donors (Lipinski definition) is 0. The first kappa shape index (κ1) is 9.33. The van der Waals surface area contributed by atoms with Gasteiger partial charge in [0.1, 0.15) is 0 Å². The lowest BCUT2D eigenvalue weighted by atomic mass is 10.1. The fraction of sp³-hybridized carbons (Fsp3) is 0.333. The molecule has 1 aromatic rings. The van der Waals surface area contributed by atoms with Crippen molar-refractivity contribution in [2.24, 2.45) is 10.2 Å². The van der Waals surface area contributed by atoms with Gasteiger partial charge in [-0.25, -0.2) is 0 Å². The zero-order valence-corrected chi connectivity index (χ0v) is 8.28. The molecule has 0 bridgehead atoms. The molecule has 1 aliphatic rings. The number of thioether (sulfide) groups is 1. The maximum Gasteiger partial charge on any atom is 0.227 e. The molecule has 0 saturated carbocycles. The Morgan fingerprint density at radius 1 is 1.50 bits per heavy atom. The van der Waals surface area contributed by atoms with E-state index in [2.05, 4.69) is 15.2 Å². The van der Waals surface area contributed by atoms with Gasteiger partial charge in [0, 0.05) is 18.1 Å². The van der Waals surface area contributed by atoms with Crippen molar-refractivity contribution in [1.29, 1.82) is 0 Å². The van der Waals surface area contributed by atoms with Gasteiger partial charge in [-0.3, -0.25) is 9.98 Å². The van der Waals surface area contributed by atoms with E-state index in [1.54, 1.807) is 12.4 Å². The monoisotopic (exact) mass is 207 g/mol. The van der Waals surface area contributed by atoms with Gasteiger partial charge in [-0.1, -0.05) is 11.8 Å². The first-order chi connectivity index (χ1) is 6.88. The molecule has 1 unspecified atom stereocenters. The summed E-state index contributed by atoms with van der Waals surface area (Å²) in [6, 6.07) is 4.12. The Kier molecular flexibility index (Phi) is 2.88. The predicted octanol–water partition coefficient (Wildman–Crippen LogP) is 1.86. The standard InChI is InChI=1S/C9H9N3OS/c13-12-9-11-8(6-14-9)5-7-1-3-10-4-2-7/h1-4,8H,5-6H2. The summed E-state index contributed by atoms with van der Waals surface area (Å²) in [4.78, 5) is 18.3. The molecular formula is C9H9N3OS. The second-order valence-corrected chi connectivity index (χ2v) is 4.01. The summed E-state index contributed by atoms with van der Waals surface area (Å²) in [5, 5.41) is 3.21. The van der Waals surface area contributed by atoms with Crippen LogP contribution in [-0.4, -0.2) is 21.9 Å². The van der Waals surface area contributed by atoms with Crippen LogP contribution in [0.1, 0.15) is 5.56 Å². The van der Waals surface area contributed by atoms with Crippen molar-refractivity contribution in [3.63, 3.8) is 0 Å². The molecular weight excluding hydrogens is 198 g/mol. The largest absolute Gasteiger partial charge is 0.265 e. The molecule has 72 valence electrons. The summed E-state index contributed by atoms with van der Waals surface area (Å²) in [5.41, 5.74) is 1.20. The third kappa shape index (κ3) is 2.17. The Balaban J connectivity index is 2.00. The Morgan fingerprint density at radius 3 is 2.93 bits per heavy atom. The summed E-state index contributed by atoms with van der Waals surface area (Å²) in [6.45, 7) is 0. The van der Waals surface area contributed by atoms with Crippen molar-refractivity contribution in [1.82, 2.24) is 4.98 Å². The maximum absolute atomic E-state index is 10.2. The summed E-state index contributed by atoms with van der Waals surface area (Å²) >= 11 is 1.42. The third-order valence-corrected chi connectivity index (χ3v) is 2.99. The molecule has 0 aromatic carbocycles. The molecule has 1 aliphatic heterocycles. The minimum Gasteiger partial charge on any atom is -0.265 e. The summed E-state index contributed by atoms with van der Waals surface area (Å²) < 4.78 is 0. The van der Waals surface area contributed by atoms with Crippen molar-refractivity contribution in [2.45, 2.75) is 12.5 Å². The van der Waals surface area contributed by atoms with Crippen LogP contribution in [0.5, 0.6) is 0 Å². The van der Waals surface area contributed by atoms with E-state index < -0.39 is 0 Å². The summed E-state index contributed by atoms with van der Waals surface area (Å²) in [6.07, 6.45) is 4.38. The number of rotatable bonds is 2. The quantitative estimate of drug-likeness (QED) is 0.695. The van der Waals surface area contributed by atoms with Gasteiger partial charge in [0.15, 0.2) is 0 Å². The van der Waals surface area contributed by atoms with E-state index in [1.165, 1.54) is 17.3 Å². The van der Waals surface area contributed by atoms with E-state index in [1.807, 2.05) is 12.1 Å². The SMILES string of the molecule is O=NC1=NC(Cc2ccncc2)CS1. The van der Waals surface area contributed by atoms with Crippen LogP contribution in [0.15, 0.2) is 34.7 Å². The van der Waals surface area contributed by atoms with Crippen LogP contribution >= 0.6 is 11.8 Å². The summed E-state index contributed by atoms with van der Waals surface area (Å²) in [5.74, 6) is 0.851. The second kappa shape index (κ2) is 4.32. The van der Waals surface area contributed by atoms with Crippen molar-refractivity contribution in [3.05, 3.63) is 35.0 Å². The fourth-order valence-corrected chi connectivity index (χ4v) is 2.16. The Hall–Kier alpha value is -1.23. The number of nitrogens with zero attached hydrogens (tertiary/aromatic N) is 3. The number of nitroso groups, excluding NO2 is 1. The van der Waals surface area contributed by atoms with Gasteiger partial charge in [-0.2, -0.15) is 0 Å². The Morgan fingerprint density at radius 2 is 2.29 bits per heavy atom. The highest BCUT2D eigenvalue weighted by Crippen LogP contribution is 2.21. The highest BCUT2D eigenvalue weighted by Gasteiger charge is 2.18. The van der Waals surface area contributed by atoms with Crippen LogP contribution < -0.4 is 0 Å². The molecule has 5 heteroatoms. The highest BCUT2D eigenvalue weighted by atomic mass is 32.2. The maximum atomic E-state index is 10.2. The number of aliphatic imine (C=N–C) groups is 1. The molecule has 2 rings (SSSR count). The first-order valence-corrected chi connectivity index (χ1v) is 5.30. The first-order valence-electron chi connectivity index (χ1n) is 4.31. The topological polar surface area (TPSA) is 54.7 Å². The zero-order valence-electron chi connectivity index (χ0n) is 7.46. The van der Waals surface area contributed by atoms with Gasteiger partial charge in [0.2, 0.25) is 5.17 Å². The minimum atomic E-state index is 0.190. The Labute approximate surface area is 85.8 Å². The van der Waals surface area contributed by atoms with E-state index in [0.29, 0.717) is 5.17 Å². The summed E-state index contributed by atoms with van der Waals surface area (Å²) in [7, 11) is 0. The van der Waals surface area contributed by atoms with E-state index in [9.17, 15) is 4.91 Å². The van der Waals surface area contributed by atoms with Crippen LogP contribution in [0.3, 0.4) is 0 Å². The van der Waals surface area contributed by atoms with Crippen molar-refractivity contribution < 1.29 is 0 Å². The van der Waals surface area contributed by atoms with E-state index >= 15 is 0 Å². The van der Waals surface area contributed by atoms with E-state index in [0.717, 1.165) is 12.2 Å². The number of hydrogen-bond acceptors (Lipinski definition) is 5. The van der Waals surface area contributed by atoms with Gasteiger partial charge in [-0.05, 0) is 29.3 Å². The zero-order chi connectivity index (χ0) is 9.80. The molecule has 2 heterocycles. The van der Waals surface area contributed by atoms with Gasteiger partial charge < -0.3 is 0 Å². The number of amidine groups is 1. The normalized spacial score (nSPS) is 20.6. The molecule has 0 fully saturated rings. The molecule has 4 nitrogen and oxygen atoms in total. The molecule has 0 aliphatic carbocycles. The van der Waals surface area contributed by atoms with E-state index in [-0.39, 0.29) is 6.04 Å². The van der Waals surface area contributed by atoms with Crippen LogP contribution in [0.2, 0.25) is 0 Å².